The van der Waals surface area contributed by atoms with Gasteiger partial charge in [0.05, 0.1) is 19.9 Å². The van der Waals surface area contributed by atoms with Crippen LogP contribution in [0.25, 0.3) is 5.52 Å². The van der Waals surface area contributed by atoms with E-state index in [1.165, 1.54) is 17.8 Å². The SMILES string of the molecule is CCOC(=O)Oc1cn2ncnc(O)c2c1OC. The highest BCUT2D eigenvalue weighted by Crippen LogP contribution is 2.36. The molecule has 2 rings (SSSR count). The molecule has 2 aromatic heterocycles. The summed E-state index contributed by atoms with van der Waals surface area (Å²) in [7, 11) is 1.37. The monoisotopic (exact) mass is 253 g/mol. The van der Waals surface area contributed by atoms with Gasteiger partial charge in [0.15, 0.2) is 17.0 Å². The summed E-state index contributed by atoms with van der Waals surface area (Å²) in [5.74, 6) is -0.0338. The number of carbonyl (C=O) groups is 1. The van der Waals surface area contributed by atoms with Crippen LogP contribution >= 0.6 is 0 Å². The van der Waals surface area contributed by atoms with Crippen LogP contribution in [0.5, 0.6) is 17.4 Å². The minimum absolute atomic E-state index is 0.0896. The van der Waals surface area contributed by atoms with Crippen LogP contribution < -0.4 is 9.47 Å². The molecule has 0 amide bonds. The number of methoxy groups -OCH3 is 1. The molecule has 0 bridgehead atoms. The highest BCUT2D eigenvalue weighted by molar-refractivity contribution is 5.75. The zero-order valence-electron chi connectivity index (χ0n) is 9.78. The van der Waals surface area contributed by atoms with E-state index in [4.69, 9.17) is 9.47 Å². The second-order valence-electron chi connectivity index (χ2n) is 3.19. The Labute approximate surface area is 102 Å². The van der Waals surface area contributed by atoms with E-state index in [-0.39, 0.29) is 29.5 Å². The molecule has 0 fully saturated rings. The molecule has 18 heavy (non-hydrogen) atoms. The molecule has 0 saturated heterocycles. The lowest BCUT2D eigenvalue weighted by Gasteiger charge is -2.04. The van der Waals surface area contributed by atoms with Crippen molar-refractivity contribution in [3.05, 3.63) is 12.5 Å². The van der Waals surface area contributed by atoms with Crippen molar-refractivity contribution in [1.82, 2.24) is 14.6 Å². The predicted octanol–water partition coefficient (Wildman–Crippen LogP) is 0.979. The van der Waals surface area contributed by atoms with Crippen molar-refractivity contribution < 1.29 is 24.1 Å². The van der Waals surface area contributed by atoms with Crippen LogP contribution in [0.2, 0.25) is 0 Å². The Morgan fingerprint density at radius 2 is 2.33 bits per heavy atom. The van der Waals surface area contributed by atoms with E-state index in [2.05, 4.69) is 14.8 Å². The minimum atomic E-state index is -0.862. The fourth-order valence-corrected chi connectivity index (χ4v) is 1.45. The van der Waals surface area contributed by atoms with Gasteiger partial charge in [-0.15, -0.1) is 0 Å². The highest BCUT2D eigenvalue weighted by Gasteiger charge is 2.20. The first-order valence-electron chi connectivity index (χ1n) is 5.11. The quantitative estimate of drug-likeness (QED) is 0.814. The summed E-state index contributed by atoms with van der Waals surface area (Å²) in [5, 5.41) is 13.5. The first-order chi connectivity index (χ1) is 8.67. The van der Waals surface area contributed by atoms with Gasteiger partial charge in [0.25, 0.3) is 0 Å². The summed E-state index contributed by atoms with van der Waals surface area (Å²) in [6.45, 7) is 1.85. The van der Waals surface area contributed by atoms with E-state index < -0.39 is 6.16 Å². The fourth-order valence-electron chi connectivity index (χ4n) is 1.45. The number of aromatic nitrogens is 3. The molecule has 8 nitrogen and oxygen atoms in total. The van der Waals surface area contributed by atoms with Crippen molar-refractivity contribution in [2.75, 3.05) is 13.7 Å². The Bertz CT molecular complexity index is 580. The molecule has 0 radical (unpaired) electrons. The molecule has 96 valence electrons. The number of ether oxygens (including phenoxy) is 3. The Balaban J connectivity index is 2.45. The van der Waals surface area contributed by atoms with Crippen LogP contribution in [0, 0.1) is 0 Å². The van der Waals surface area contributed by atoms with E-state index in [9.17, 15) is 9.90 Å². The number of carbonyl (C=O) groups excluding carboxylic acids is 1. The van der Waals surface area contributed by atoms with Crippen LogP contribution in [0.4, 0.5) is 4.79 Å². The van der Waals surface area contributed by atoms with Gasteiger partial charge in [-0.1, -0.05) is 0 Å². The third-order valence-electron chi connectivity index (χ3n) is 2.13. The Hall–Kier alpha value is -2.51. The van der Waals surface area contributed by atoms with Gasteiger partial charge < -0.3 is 19.3 Å². The van der Waals surface area contributed by atoms with E-state index in [0.717, 1.165) is 6.33 Å². The maximum atomic E-state index is 11.2. The summed E-state index contributed by atoms with van der Waals surface area (Å²) in [6.07, 6.45) is 1.68. The summed E-state index contributed by atoms with van der Waals surface area (Å²) >= 11 is 0. The van der Waals surface area contributed by atoms with Crippen molar-refractivity contribution in [2.45, 2.75) is 6.92 Å². The van der Waals surface area contributed by atoms with Gasteiger partial charge in [-0.05, 0) is 6.92 Å². The fraction of sp³-hybridized carbons (Fsp3) is 0.300. The van der Waals surface area contributed by atoms with Crippen LogP contribution in [0.15, 0.2) is 12.5 Å². The van der Waals surface area contributed by atoms with Gasteiger partial charge in [-0.2, -0.15) is 10.1 Å². The summed E-state index contributed by atoms with van der Waals surface area (Å²) in [5.41, 5.74) is 0.208. The van der Waals surface area contributed by atoms with Crippen molar-refractivity contribution in [2.24, 2.45) is 0 Å². The second kappa shape index (κ2) is 4.78. The van der Waals surface area contributed by atoms with Gasteiger partial charge in [0, 0.05) is 0 Å². The highest BCUT2D eigenvalue weighted by atomic mass is 16.7. The van der Waals surface area contributed by atoms with Crippen LogP contribution in [-0.2, 0) is 4.74 Å². The molecule has 0 saturated carbocycles. The molecule has 0 atom stereocenters. The first-order valence-corrected chi connectivity index (χ1v) is 5.11. The van der Waals surface area contributed by atoms with Crippen LogP contribution in [0.3, 0.4) is 0 Å². The van der Waals surface area contributed by atoms with Crippen molar-refractivity contribution in [3.8, 4) is 17.4 Å². The molecule has 0 spiro atoms. The summed E-state index contributed by atoms with van der Waals surface area (Å²) in [4.78, 5) is 14.9. The summed E-state index contributed by atoms with van der Waals surface area (Å²) in [6, 6.07) is 0. The molecule has 2 heterocycles. The summed E-state index contributed by atoms with van der Waals surface area (Å²) < 4.78 is 15.9. The lowest BCUT2D eigenvalue weighted by molar-refractivity contribution is 0.103. The number of nitrogens with zero attached hydrogens (tertiary/aromatic N) is 3. The van der Waals surface area contributed by atoms with E-state index in [0.29, 0.717) is 0 Å². The zero-order chi connectivity index (χ0) is 13.1. The Kier molecular flexibility index (Phi) is 3.18. The molecule has 0 aromatic carbocycles. The van der Waals surface area contributed by atoms with Crippen LogP contribution in [-0.4, -0.2) is 39.6 Å². The molecule has 1 N–H and O–H groups in total. The molecular weight excluding hydrogens is 242 g/mol. The lowest BCUT2D eigenvalue weighted by atomic mass is 10.4. The Morgan fingerprint density at radius 3 is 3.00 bits per heavy atom. The van der Waals surface area contributed by atoms with Crippen molar-refractivity contribution >= 4 is 11.7 Å². The zero-order valence-corrected chi connectivity index (χ0v) is 9.78. The van der Waals surface area contributed by atoms with Crippen molar-refractivity contribution in [3.63, 3.8) is 0 Å². The molecule has 8 heteroatoms. The molecule has 0 aliphatic heterocycles. The van der Waals surface area contributed by atoms with E-state index in [1.807, 2.05) is 0 Å². The number of fused-ring (bicyclic) bond motifs is 1. The topological polar surface area (TPSA) is 95.2 Å². The van der Waals surface area contributed by atoms with Gasteiger partial charge in [0.2, 0.25) is 5.88 Å². The molecule has 0 aliphatic carbocycles. The molecule has 0 aliphatic rings. The maximum absolute atomic E-state index is 11.2. The van der Waals surface area contributed by atoms with Gasteiger partial charge >= 0.3 is 6.16 Å². The largest absolute Gasteiger partial charge is 0.514 e. The Morgan fingerprint density at radius 1 is 1.56 bits per heavy atom. The maximum Gasteiger partial charge on any atom is 0.514 e. The van der Waals surface area contributed by atoms with Gasteiger partial charge in [-0.3, -0.25) is 0 Å². The predicted molar refractivity (Wildman–Crippen MR) is 58.9 cm³/mol. The minimum Gasteiger partial charge on any atom is -0.492 e. The molecule has 0 unspecified atom stereocenters. The lowest BCUT2D eigenvalue weighted by Crippen LogP contribution is -2.10. The third kappa shape index (κ3) is 1.99. The molecule has 2 aromatic rings. The second-order valence-corrected chi connectivity index (χ2v) is 3.19. The van der Waals surface area contributed by atoms with E-state index >= 15 is 0 Å². The number of aromatic hydroxyl groups is 1. The van der Waals surface area contributed by atoms with Crippen LogP contribution in [0.1, 0.15) is 6.92 Å². The average Bonchev–Trinajstić information content (AvgIpc) is 2.68. The normalized spacial score (nSPS) is 10.3. The van der Waals surface area contributed by atoms with Gasteiger partial charge in [-0.25, -0.2) is 9.31 Å². The smallest absolute Gasteiger partial charge is 0.492 e. The third-order valence-corrected chi connectivity index (χ3v) is 2.13. The molecular formula is C10H11N3O5. The number of hydrogen-bond donors (Lipinski definition) is 1. The first kappa shape index (κ1) is 12.0. The average molecular weight is 253 g/mol. The van der Waals surface area contributed by atoms with Gasteiger partial charge in [0.1, 0.15) is 6.33 Å². The van der Waals surface area contributed by atoms with E-state index in [1.54, 1.807) is 6.92 Å². The number of rotatable bonds is 3. The standard InChI is InChI=1S/C10H11N3O5/c1-3-17-10(15)18-6-4-13-7(8(6)16-2)9(14)11-5-12-13/h4-5H,3H2,1-2H3,(H,11,12,14). The number of hydrogen-bond acceptors (Lipinski definition) is 7. The van der Waals surface area contributed by atoms with Crippen molar-refractivity contribution in [1.29, 1.82) is 0 Å².